The van der Waals surface area contributed by atoms with Gasteiger partial charge in [-0.15, -0.1) is 11.3 Å². The number of hydrogen-bond donors (Lipinski definition) is 3. The lowest BCUT2D eigenvalue weighted by Crippen LogP contribution is -2.57. The molecule has 16 nitrogen and oxygen atoms in total. The molecule has 0 radical (unpaired) electrons. The molecule has 3 N–H and O–H groups in total. The Labute approximate surface area is 397 Å². The van der Waals surface area contributed by atoms with Crippen molar-refractivity contribution in [3.63, 3.8) is 0 Å². The number of likely N-dealkylation sites (tertiary alicyclic amines) is 2. The van der Waals surface area contributed by atoms with Gasteiger partial charge in [-0.1, -0.05) is 45.0 Å². The highest BCUT2D eigenvalue weighted by atomic mass is 32.1. The minimum Gasteiger partial charge on any atom is -0.350 e. The fourth-order valence-electron chi connectivity index (χ4n) is 9.02. The number of piperidine rings is 1. The average Bonchev–Trinajstić information content (AvgIpc) is 4.10. The van der Waals surface area contributed by atoms with E-state index in [9.17, 15) is 33.2 Å². The fraction of sp³-hybridized carbons (Fsp3) is 0.429. The number of nitriles is 1. The number of benzene rings is 1. The van der Waals surface area contributed by atoms with Crippen LogP contribution in [0.1, 0.15) is 115 Å². The molecule has 3 atom stereocenters. The van der Waals surface area contributed by atoms with Crippen LogP contribution in [0.25, 0.3) is 10.4 Å². The first-order chi connectivity index (χ1) is 32.5. The second kappa shape index (κ2) is 19.7. The smallest absolute Gasteiger partial charge is 0.272 e. The third kappa shape index (κ3) is 10.8. The summed E-state index contributed by atoms with van der Waals surface area (Å²) in [6, 6.07) is 16.1. The lowest BCUT2D eigenvalue weighted by atomic mass is 9.85. The first kappa shape index (κ1) is 47.5. The van der Waals surface area contributed by atoms with Gasteiger partial charge in [-0.05, 0) is 91.8 Å². The molecule has 0 bridgehead atoms. The van der Waals surface area contributed by atoms with Gasteiger partial charge in [0.25, 0.3) is 17.7 Å². The average molecular weight is 945 g/mol. The van der Waals surface area contributed by atoms with E-state index >= 15 is 0 Å². The Balaban J connectivity index is 0.902. The number of nitrogens with zero attached hydrogens (tertiary/aromatic N) is 9. The van der Waals surface area contributed by atoms with Gasteiger partial charge < -0.3 is 30.7 Å². The zero-order valence-electron chi connectivity index (χ0n) is 38.6. The number of carbonyl (C=O) groups excluding carboxylic acids is 4. The number of pyridine rings is 2. The van der Waals surface area contributed by atoms with Crippen molar-refractivity contribution in [1.82, 2.24) is 45.4 Å². The summed E-state index contributed by atoms with van der Waals surface area (Å²) >= 11 is 1.57. The molecular weight excluding hydrogens is 891 g/mol. The van der Waals surface area contributed by atoms with Gasteiger partial charge in [0.05, 0.1) is 40.3 Å². The third-order valence-electron chi connectivity index (χ3n) is 12.8. The van der Waals surface area contributed by atoms with Crippen LogP contribution in [0.3, 0.4) is 0 Å². The molecule has 4 amide bonds. The Morgan fingerprint density at radius 3 is 2.32 bits per heavy atom. The normalized spacial score (nSPS) is 18.1. The van der Waals surface area contributed by atoms with E-state index < -0.39 is 41.8 Å². The van der Waals surface area contributed by atoms with E-state index in [1.165, 1.54) is 12.3 Å². The molecule has 354 valence electrons. The number of rotatable bonds is 12. The maximum absolute atomic E-state index is 14.3. The van der Waals surface area contributed by atoms with Gasteiger partial charge in [0.2, 0.25) is 11.8 Å². The Bertz CT molecular complexity index is 2730. The quantitative estimate of drug-likeness (QED) is 0.114. The predicted molar refractivity (Wildman–Crippen MR) is 252 cm³/mol. The number of thiazole rings is 1. The summed E-state index contributed by atoms with van der Waals surface area (Å²) in [5.41, 5.74) is 5.17. The van der Waals surface area contributed by atoms with Gasteiger partial charge >= 0.3 is 0 Å². The highest BCUT2D eigenvalue weighted by molar-refractivity contribution is 7.13. The van der Waals surface area contributed by atoms with Gasteiger partial charge in [0, 0.05) is 44.9 Å². The van der Waals surface area contributed by atoms with Gasteiger partial charge in [0.15, 0.2) is 0 Å². The number of aryl methyl sites for hydroxylation is 1. The number of amides is 4. The number of aromatic nitrogens is 5. The summed E-state index contributed by atoms with van der Waals surface area (Å²) in [6.45, 7) is 10.1. The molecule has 19 heteroatoms. The van der Waals surface area contributed by atoms with Gasteiger partial charge in [-0.25, -0.2) is 33.7 Å². The number of anilines is 3. The largest absolute Gasteiger partial charge is 0.350 e. The van der Waals surface area contributed by atoms with Crippen LogP contribution < -0.4 is 20.9 Å². The van der Waals surface area contributed by atoms with E-state index in [1.807, 2.05) is 76.5 Å². The van der Waals surface area contributed by atoms with Crippen molar-refractivity contribution in [1.29, 1.82) is 5.26 Å². The molecule has 7 heterocycles. The van der Waals surface area contributed by atoms with Crippen LogP contribution in [0, 0.1) is 23.7 Å². The van der Waals surface area contributed by atoms with Crippen molar-refractivity contribution in [3.05, 3.63) is 106 Å². The number of nitrogens with one attached hydrogen (secondary N) is 3. The number of halogens is 2. The van der Waals surface area contributed by atoms with E-state index in [2.05, 4.69) is 46.9 Å². The SMILES string of the molecule is Cc1ncsc1-c1ccc(C(C)NC(=O)C2CCCN2C(=O)C(NC(=O)c2cc(C(=O)N3CCC(c4cc(Nc5cc(C#N)ccn5)nc(N5CCC(F)(F)C5)c4)CC3)ncn2)C(C)(C)C)cc1. The topological polar surface area (TPSA) is 202 Å². The van der Waals surface area contributed by atoms with Crippen LogP contribution in [0.5, 0.6) is 0 Å². The number of carbonyl (C=O) groups is 4. The summed E-state index contributed by atoms with van der Waals surface area (Å²) in [4.78, 5) is 83.4. The minimum atomic E-state index is -2.83. The van der Waals surface area contributed by atoms with E-state index in [0.717, 1.165) is 33.6 Å². The van der Waals surface area contributed by atoms with Crippen molar-refractivity contribution >= 4 is 52.4 Å². The molecule has 4 aromatic heterocycles. The Kier molecular flexibility index (Phi) is 13.8. The first-order valence-electron chi connectivity index (χ1n) is 22.8. The summed E-state index contributed by atoms with van der Waals surface area (Å²) in [7, 11) is 0. The zero-order valence-corrected chi connectivity index (χ0v) is 39.4. The third-order valence-corrected chi connectivity index (χ3v) is 13.8. The molecule has 5 aromatic rings. The van der Waals surface area contributed by atoms with Crippen LogP contribution in [-0.2, 0) is 9.59 Å². The van der Waals surface area contributed by atoms with Crippen LogP contribution in [0.2, 0.25) is 0 Å². The molecule has 1 aromatic carbocycles. The minimum absolute atomic E-state index is 0.0145. The highest BCUT2D eigenvalue weighted by Gasteiger charge is 2.43. The van der Waals surface area contributed by atoms with Crippen LogP contribution in [0.4, 0.5) is 26.2 Å². The lowest BCUT2D eigenvalue weighted by molar-refractivity contribution is -0.142. The van der Waals surface area contributed by atoms with Gasteiger partial charge in [-0.2, -0.15) is 5.26 Å². The fourth-order valence-corrected chi connectivity index (χ4v) is 9.84. The van der Waals surface area contributed by atoms with E-state index in [1.54, 1.807) is 38.2 Å². The Morgan fingerprint density at radius 1 is 0.897 bits per heavy atom. The molecular formula is C49H54F2N12O4S. The van der Waals surface area contributed by atoms with Crippen molar-refractivity contribution < 1.29 is 28.0 Å². The van der Waals surface area contributed by atoms with Crippen LogP contribution in [-0.4, -0.2) is 109 Å². The summed E-state index contributed by atoms with van der Waals surface area (Å²) < 4.78 is 28.6. The zero-order chi connectivity index (χ0) is 48.3. The van der Waals surface area contributed by atoms with Crippen molar-refractivity contribution in [2.24, 2.45) is 5.41 Å². The molecule has 3 fully saturated rings. The highest BCUT2D eigenvalue weighted by Crippen LogP contribution is 2.36. The molecule has 68 heavy (non-hydrogen) atoms. The molecule has 0 aliphatic carbocycles. The monoisotopic (exact) mass is 944 g/mol. The summed E-state index contributed by atoms with van der Waals surface area (Å²) in [6.07, 6.45) is 4.58. The maximum atomic E-state index is 14.3. The molecule has 3 aliphatic rings. The molecule has 8 rings (SSSR count). The van der Waals surface area contributed by atoms with Gasteiger partial charge in [-0.3, -0.25) is 19.2 Å². The Morgan fingerprint density at radius 2 is 1.65 bits per heavy atom. The molecule has 3 aliphatic heterocycles. The van der Waals surface area contributed by atoms with E-state index in [-0.39, 0.29) is 48.1 Å². The van der Waals surface area contributed by atoms with Crippen LogP contribution in [0.15, 0.2) is 72.6 Å². The molecule has 3 unspecified atom stereocenters. The molecule has 0 spiro atoms. The first-order valence-corrected chi connectivity index (χ1v) is 23.7. The van der Waals surface area contributed by atoms with E-state index in [0.29, 0.717) is 68.3 Å². The second-order valence-corrected chi connectivity index (χ2v) is 19.6. The molecule has 3 saturated heterocycles. The molecule has 0 saturated carbocycles. The second-order valence-electron chi connectivity index (χ2n) is 18.8. The van der Waals surface area contributed by atoms with E-state index in [4.69, 9.17) is 0 Å². The van der Waals surface area contributed by atoms with Crippen molar-refractivity contribution in [3.8, 4) is 16.5 Å². The van der Waals surface area contributed by atoms with Crippen molar-refractivity contribution in [2.75, 3.05) is 42.9 Å². The number of hydrogen-bond acceptors (Lipinski definition) is 13. The summed E-state index contributed by atoms with van der Waals surface area (Å²) in [5.74, 6) is -3.41. The number of alkyl halides is 2. The summed E-state index contributed by atoms with van der Waals surface area (Å²) in [5, 5.41) is 18.5. The van der Waals surface area contributed by atoms with Crippen molar-refractivity contribution in [2.45, 2.75) is 96.7 Å². The van der Waals surface area contributed by atoms with Gasteiger partial charge in [0.1, 0.15) is 47.3 Å². The maximum Gasteiger partial charge on any atom is 0.272 e. The standard InChI is InChI=1S/C49H54F2N12O4S/c1-29(32-8-10-34(11-9-32)42-30(2)56-28-68-42)57-45(65)38-7-6-17-63(38)47(67)43(48(3,4)5)60-44(64)36-24-37(55-27-54-36)46(66)61-18-13-33(14-19-61)35-22-40(58-39-21-31(25-52)12-16-53-39)59-41(23-35)62-20-15-49(50,51)26-62/h8-12,16,21-24,27-29,33,38,43H,6-7,13-15,17-20,26H2,1-5H3,(H,57,65)(H,60,64)(H,53,58,59). The Hall–Kier alpha value is -6.94. The lowest BCUT2D eigenvalue weighted by Gasteiger charge is -2.35. The predicted octanol–water partition coefficient (Wildman–Crippen LogP) is 7.19. The van der Waals surface area contributed by atoms with Crippen LogP contribution >= 0.6 is 11.3 Å².